The van der Waals surface area contributed by atoms with Crippen molar-refractivity contribution in [2.24, 2.45) is 0 Å². The molecule has 0 radical (unpaired) electrons. The minimum absolute atomic E-state index is 0.133. The molecule has 124 valence electrons. The number of carbonyl (C=O) groups is 1. The molecule has 1 atom stereocenters. The Hall–Kier alpha value is -2.46. The van der Waals surface area contributed by atoms with Gasteiger partial charge in [-0.2, -0.15) is 0 Å². The van der Waals surface area contributed by atoms with Gasteiger partial charge >= 0.3 is 5.97 Å². The Bertz CT molecular complexity index is 869. The number of benzene rings is 2. The van der Waals surface area contributed by atoms with Crippen LogP contribution in [0.25, 0.3) is 11.0 Å². The van der Waals surface area contributed by atoms with Crippen LogP contribution in [0, 0.1) is 0 Å². The first kappa shape index (κ1) is 16.4. The van der Waals surface area contributed by atoms with Gasteiger partial charge in [0.1, 0.15) is 17.4 Å². The summed E-state index contributed by atoms with van der Waals surface area (Å²) in [7, 11) is 1.60. The molecule has 24 heavy (non-hydrogen) atoms. The number of esters is 1. The zero-order valence-corrected chi connectivity index (χ0v) is 14.2. The molecule has 0 fully saturated rings. The van der Waals surface area contributed by atoms with Gasteiger partial charge in [-0.15, -0.1) is 0 Å². The van der Waals surface area contributed by atoms with Crippen molar-refractivity contribution in [1.29, 1.82) is 0 Å². The molecule has 0 aliphatic carbocycles. The van der Waals surface area contributed by atoms with Gasteiger partial charge < -0.3 is 13.9 Å². The summed E-state index contributed by atoms with van der Waals surface area (Å²) in [5, 5.41) is 1.46. The second kappa shape index (κ2) is 6.97. The van der Waals surface area contributed by atoms with E-state index in [9.17, 15) is 4.79 Å². The van der Waals surface area contributed by atoms with Crippen LogP contribution in [-0.4, -0.2) is 13.1 Å². The van der Waals surface area contributed by atoms with E-state index in [1.807, 2.05) is 30.3 Å². The lowest BCUT2D eigenvalue weighted by Gasteiger charge is -2.14. The fourth-order valence-corrected chi connectivity index (χ4v) is 2.88. The molecular formula is C19H17ClO4. The number of furan rings is 1. The van der Waals surface area contributed by atoms with Crippen LogP contribution in [0.5, 0.6) is 5.75 Å². The molecule has 0 spiro atoms. The molecule has 3 rings (SSSR count). The normalized spacial score (nSPS) is 12.1. The SMILES string of the molecule is COc1ccc2c(CC(=O)O[C@@H](C)c3ccccc3Cl)coc2c1. The zero-order valence-electron chi connectivity index (χ0n) is 13.4. The van der Waals surface area contributed by atoms with Crippen molar-refractivity contribution in [3.05, 3.63) is 64.9 Å². The van der Waals surface area contributed by atoms with Crippen molar-refractivity contribution in [3.63, 3.8) is 0 Å². The van der Waals surface area contributed by atoms with Crippen molar-refractivity contribution in [3.8, 4) is 5.75 Å². The maximum absolute atomic E-state index is 12.2. The molecule has 5 heteroatoms. The molecule has 0 unspecified atom stereocenters. The first-order valence-electron chi connectivity index (χ1n) is 7.56. The average Bonchev–Trinajstić information content (AvgIpc) is 2.97. The lowest BCUT2D eigenvalue weighted by atomic mass is 10.1. The molecule has 1 aromatic heterocycles. The quantitative estimate of drug-likeness (QED) is 0.615. The molecule has 0 aliphatic heterocycles. The zero-order chi connectivity index (χ0) is 17.1. The van der Waals surface area contributed by atoms with E-state index >= 15 is 0 Å². The number of hydrogen-bond acceptors (Lipinski definition) is 4. The Morgan fingerprint density at radius 2 is 2.04 bits per heavy atom. The lowest BCUT2D eigenvalue weighted by Crippen LogP contribution is -2.11. The van der Waals surface area contributed by atoms with E-state index in [0.717, 1.165) is 16.5 Å². The topological polar surface area (TPSA) is 48.7 Å². The van der Waals surface area contributed by atoms with Crippen LogP contribution < -0.4 is 4.74 Å². The van der Waals surface area contributed by atoms with E-state index in [1.54, 1.807) is 32.4 Å². The Kier molecular flexibility index (Phi) is 4.76. The Balaban J connectivity index is 1.72. The number of fused-ring (bicyclic) bond motifs is 1. The van der Waals surface area contributed by atoms with Crippen LogP contribution in [0.3, 0.4) is 0 Å². The molecular weight excluding hydrogens is 328 g/mol. The van der Waals surface area contributed by atoms with E-state index in [4.69, 9.17) is 25.5 Å². The van der Waals surface area contributed by atoms with Gasteiger partial charge in [-0.05, 0) is 25.1 Å². The number of ether oxygens (including phenoxy) is 2. The van der Waals surface area contributed by atoms with Gasteiger partial charge in [0.2, 0.25) is 0 Å². The summed E-state index contributed by atoms with van der Waals surface area (Å²) in [6.45, 7) is 1.80. The van der Waals surface area contributed by atoms with E-state index in [0.29, 0.717) is 16.4 Å². The summed E-state index contributed by atoms with van der Waals surface area (Å²) in [6.07, 6.45) is 1.30. The number of rotatable bonds is 5. The second-order valence-corrected chi connectivity index (χ2v) is 5.86. The predicted molar refractivity (Wildman–Crippen MR) is 92.4 cm³/mol. The molecule has 4 nitrogen and oxygen atoms in total. The highest BCUT2D eigenvalue weighted by Crippen LogP contribution is 2.28. The Morgan fingerprint density at radius 1 is 1.25 bits per heavy atom. The minimum atomic E-state index is -0.413. The summed E-state index contributed by atoms with van der Waals surface area (Å²) in [4.78, 5) is 12.2. The van der Waals surface area contributed by atoms with Crippen LogP contribution in [0.2, 0.25) is 5.02 Å². The average molecular weight is 345 g/mol. The fourth-order valence-electron chi connectivity index (χ4n) is 2.59. The van der Waals surface area contributed by atoms with Gasteiger partial charge in [-0.1, -0.05) is 29.8 Å². The van der Waals surface area contributed by atoms with Gasteiger partial charge in [0.25, 0.3) is 0 Å². The summed E-state index contributed by atoms with van der Waals surface area (Å²) in [5.74, 6) is 0.374. The van der Waals surface area contributed by atoms with Gasteiger partial charge in [0.15, 0.2) is 0 Å². The van der Waals surface area contributed by atoms with Gasteiger partial charge in [-0.3, -0.25) is 4.79 Å². The lowest BCUT2D eigenvalue weighted by molar-refractivity contribution is -0.147. The van der Waals surface area contributed by atoms with Crippen molar-refractivity contribution in [1.82, 2.24) is 0 Å². The highest BCUT2D eigenvalue weighted by atomic mass is 35.5. The number of carbonyl (C=O) groups excluding carboxylic acids is 1. The van der Waals surface area contributed by atoms with Gasteiger partial charge in [0.05, 0.1) is 19.8 Å². The standard InChI is InChI=1S/C19H17ClO4/c1-12(15-5-3-4-6-17(15)20)24-19(21)9-13-11-23-18-10-14(22-2)7-8-16(13)18/h3-8,10-12H,9H2,1-2H3/t12-/m0/s1. The third-order valence-electron chi connectivity index (χ3n) is 3.85. The third kappa shape index (κ3) is 3.39. The van der Waals surface area contributed by atoms with Crippen LogP contribution in [0.1, 0.15) is 24.2 Å². The summed E-state index contributed by atoms with van der Waals surface area (Å²) >= 11 is 6.13. The Labute approximate surface area is 144 Å². The molecule has 2 aromatic carbocycles. The van der Waals surface area contributed by atoms with E-state index in [2.05, 4.69) is 0 Å². The number of halogens is 1. The summed E-state index contributed by atoms with van der Waals surface area (Å²) in [6, 6.07) is 12.8. The monoisotopic (exact) mass is 344 g/mol. The van der Waals surface area contributed by atoms with Crippen molar-refractivity contribution >= 4 is 28.5 Å². The van der Waals surface area contributed by atoms with E-state index in [1.165, 1.54) is 0 Å². The predicted octanol–water partition coefficient (Wildman–Crippen LogP) is 4.94. The van der Waals surface area contributed by atoms with Crippen molar-refractivity contribution < 1.29 is 18.7 Å². The maximum Gasteiger partial charge on any atom is 0.311 e. The summed E-state index contributed by atoms with van der Waals surface area (Å²) in [5.41, 5.74) is 2.25. The highest BCUT2D eigenvalue weighted by molar-refractivity contribution is 6.31. The van der Waals surface area contributed by atoms with E-state index < -0.39 is 6.10 Å². The largest absolute Gasteiger partial charge is 0.497 e. The molecule has 0 bridgehead atoms. The van der Waals surface area contributed by atoms with E-state index in [-0.39, 0.29) is 12.4 Å². The molecule has 0 saturated carbocycles. The first-order valence-corrected chi connectivity index (χ1v) is 7.94. The number of hydrogen-bond donors (Lipinski definition) is 0. The molecule has 0 saturated heterocycles. The van der Waals surface area contributed by atoms with Crippen LogP contribution in [0.15, 0.2) is 53.1 Å². The summed E-state index contributed by atoms with van der Waals surface area (Å²) < 4.78 is 16.1. The first-order chi connectivity index (χ1) is 11.6. The molecule has 1 heterocycles. The van der Waals surface area contributed by atoms with Crippen molar-refractivity contribution in [2.45, 2.75) is 19.4 Å². The van der Waals surface area contributed by atoms with Crippen LogP contribution in [-0.2, 0) is 16.0 Å². The fraction of sp³-hybridized carbons (Fsp3) is 0.211. The maximum atomic E-state index is 12.2. The van der Waals surface area contributed by atoms with Gasteiger partial charge in [0, 0.05) is 27.6 Å². The number of methoxy groups -OCH3 is 1. The minimum Gasteiger partial charge on any atom is -0.497 e. The van der Waals surface area contributed by atoms with Crippen molar-refractivity contribution in [2.75, 3.05) is 7.11 Å². The Morgan fingerprint density at radius 3 is 2.79 bits per heavy atom. The third-order valence-corrected chi connectivity index (χ3v) is 4.19. The molecule has 0 N–H and O–H groups in total. The smallest absolute Gasteiger partial charge is 0.311 e. The second-order valence-electron chi connectivity index (χ2n) is 5.45. The molecule has 0 amide bonds. The molecule has 0 aliphatic rings. The van der Waals surface area contributed by atoms with Crippen LogP contribution in [0.4, 0.5) is 0 Å². The highest BCUT2D eigenvalue weighted by Gasteiger charge is 2.17. The van der Waals surface area contributed by atoms with Gasteiger partial charge in [-0.25, -0.2) is 0 Å². The van der Waals surface area contributed by atoms with Crippen LogP contribution >= 0.6 is 11.6 Å². The molecule has 3 aromatic rings.